The Balaban J connectivity index is 0.000000980. The molecule has 0 aliphatic heterocycles. The fourth-order valence-corrected chi connectivity index (χ4v) is 1.00. The Morgan fingerprint density at radius 2 is 2.00 bits per heavy atom. The Bertz CT molecular complexity index is 353. The number of hydrogen-bond acceptors (Lipinski definition) is 2. The molecule has 15 heavy (non-hydrogen) atoms. The minimum absolute atomic E-state index is 0. The van der Waals surface area contributed by atoms with Crippen molar-refractivity contribution in [3.63, 3.8) is 0 Å². The summed E-state index contributed by atoms with van der Waals surface area (Å²) in [4.78, 5) is 6.61. The van der Waals surface area contributed by atoms with E-state index in [-0.39, 0.29) is 31.9 Å². The van der Waals surface area contributed by atoms with Gasteiger partial charge in [-0.05, 0) is 11.6 Å². The second-order valence-corrected chi connectivity index (χ2v) is 2.59. The molecule has 2 aromatic rings. The zero-order valence-electron chi connectivity index (χ0n) is 8.14. The monoisotopic (exact) mass is 272 g/mol. The zero-order chi connectivity index (χ0) is 8.93. The number of nitrogens with zero attached hydrogens (tertiary/aromatic N) is 2. The number of halogens is 1. The van der Waals surface area contributed by atoms with Crippen molar-refractivity contribution in [2.75, 3.05) is 0 Å². The van der Waals surface area contributed by atoms with Crippen molar-refractivity contribution in [3.05, 3.63) is 54.4 Å². The topological polar surface area (TPSA) is 27.1 Å². The van der Waals surface area contributed by atoms with Crippen molar-refractivity contribution in [1.82, 2.24) is 9.94 Å². The molecule has 0 atom stereocenters. The predicted octanol–water partition coefficient (Wildman–Crippen LogP) is -1.69. The summed E-state index contributed by atoms with van der Waals surface area (Å²) in [6, 6.07) is 11.6. The van der Waals surface area contributed by atoms with Crippen LogP contribution >= 0.6 is 0 Å². The molecule has 0 aliphatic rings. The predicted molar refractivity (Wildman–Crippen MR) is 47.8 cm³/mol. The van der Waals surface area contributed by atoms with Gasteiger partial charge in [-0.15, -0.1) is 5.10 Å². The van der Waals surface area contributed by atoms with E-state index in [1.165, 1.54) is 4.85 Å². The van der Waals surface area contributed by atoms with Crippen molar-refractivity contribution >= 4 is 0 Å². The molecule has 3 nitrogen and oxygen atoms in total. The Morgan fingerprint density at radius 1 is 1.27 bits per heavy atom. The molecule has 0 saturated heterocycles. The summed E-state index contributed by atoms with van der Waals surface area (Å²) in [6.07, 6.45) is 4.42. The van der Waals surface area contributed by atoms with Gasteiger partial charge in [-0.3, -0.25) is 0 Å². The van der Waals surface area contributed by atoms with E-state index in [9.17, 15) is 0 Å². The third-order valence-corrected chi connectivity index (χ3v) is 1.63. The molecule has 0 aliphatic carbocycles. The zero-order valence-corrected chi connectivity index (χ0v) is 11.9. The third-order valence-electron chi connectivity index (χ3n) is 1.63. The second-order valence-electron chi connectivity index (χ2n) is 2.59. The van der Waals surface area contributed by atoms with Gasteiger partial charge in [0.2, 0.25) is 0 Å². The van der Waals surface area contributed by atoms with Gasteiger partial charge in [0.1, 0.15) is 12.8 Å². The van der Waals surface area contributed by atoms with Gasteiger partial charge in [-0.1, -0.05) is 35.2 Å². The molecule has 0 amide bonds. The van der Waals surface area contributed by atoms with E-state index in [2.05, 4.69) is 11.3 Å². The van der Waals surface area contributed by atoms with E-state index in [1.54, 1.807) is 12.3 Å². The molecule has 1 aromatic heterocycles. The van der Waals surface area contributed by atoms with Gasteiger partial charge in [-0.2, -0.15) is 0 Å². The van der Waals surface area contributed by atoms with Crippen molar-refractivity contribution in [2.45, 2.75) is 6.61 Å². The van der Waals surface area contributed by atoms with Crippen molar-refractivity contribution in [2.24, 2.45) is 0 Å². The maximum atomic E-state index is 5.28. The maximum absolute atomic E-state index is 5.28. The second kappa shape index (κ2) is 7.44. The van der Waals surface area contributed by atoms with Crippen LogP contribution in [0.25, 0.3) is 0 Å². The van der Waals surface area contributed by atoms with Crippen LogP contribution in [-0.2, 0) is 26.1 Å². The molecule has 0 N–H and O–H groups in total. The van der Waals surface area contributed by atoms with Gasteiger partial charge >= 0.3 is 0 Å². The Labute approximate surface area is 108 Å². The first kappa shape index (κ1) is 14.1. The standard InChI is InChI=1S/C10H9N2O.ClH.Zn/c1-2-5-10(6-3-1)9-13-12-8-4-7-11-12;;/h1-7H,9H2;1H;/p-1. The first-order valence-electron chi connectivity index (χ1n) is 4.04. The largest absolute Gasteiger partial charge is 1.00 e. The summed E-state index contributed by atoms with van der Waals surface area (Å²) in [5, 5.41) is 3.87. The molecular formula is C10H9ClN2OZn-. The van der Waals surface area contributed by atoms with Crippen LogP contribution < -0.4 is 17.2 Å². The third kappa shape index (κ3) is 4.45. The van der Waals surface area contributed by atoms with Crippen LogP contribution in [0.5, 0.6) is 0 Å². The molecule has 2 rings (SSSR count). The Kier molecular flexibility index (Phi) is 7.01. The summed E-state index contributed by atoms with van der Waals surface area (Å²) in [5.74, 6) is 0. The Hall–Kier alpha value is -0.857. The first-order chi connectivity index (χ1) is 6.45. The number of benzene rings is 1. The normalized spacial score (nSPS) is 8.53. The van der Waals surface area contributed by atoms with Crippen LogP contribution in [0.2, 0.25) is 0 Å². The molecule has 75 valence electrons. The van der Waals surface area contributed by atoms with Crippen LogP contribution in [0.4, 0.5) is 0 Å². The number of rotatable bonds is 3. The van der Waals surface area contributed by atoms with Crippen LogP contribution in [0, 0.1) is 6.20 Å². The van der Waals surface area contributed by atoms with Crippen LogP contribution in [-0.4, -0.2) is 9.94 Å². The minimum Gasteiger partial charge on any atom is -1.00 e. The fourth-order valence-electron chi connectivity index (χ4n) is 1.00. The molecule has 0 saturated carbocycles. The SMILES string of the molecule is [Cl-].[Zn].[c]1ccnn1OCc1ccccc1. The summed E-state index contributed by atoms with van der Waals surface area (Å²) < 4.78 is 0. The molecule has 1 aromatic carbocycles. The van der Waals surface area contributed by atoms with Gasteiger partial charge < -0.3 is 17.2 Å². The molecule has 0 unspecified atom stereocenters. The number of hydrogen-bond donors (Lipinski definition) is 0. The van der Waals surface area contributed by atoms with E-state index in [1.807, 2.05) is 30.3 Å². The number of aromatic nitrogens is 2. The molecule has 0 fully saturated rings. The average molecular weight is 274 g/mol. The van der Waals surface area contributed by atoms with Gasteiger partial charge in [0, 0.05) is 19.5 Å². The summed E-state index contributed by atoms with van der Waals surface area (Å²) >= 11 is 0. The molecular weight excluding hydrogens is 265 g/mol. The van der Waals surface area contributed by atoms with Crippen molar-refractivity contribution < 1.29 is 36.7 Å². The van der Waals surface area contributed by atoms with Crippen molar-refractivity contribution in [1.29, 1.82) is 0 Å². The van der Waals surface area contributed by atoms with E-state index in [4.69, 9.17) is 4.84 Å². The minimum atomic E-state index is 0. The van der Waals surface area contributed by atoms with Gasteiger partial charge in [0.25, 0.3) is 0 Å². The summed E-state index contributed by atoms with van der Waals surface area (Å²) in [6.45, 7) is 0.513. The van der Waals surface area contributed by atoms with Crippen LogP contribution in [0.3, 0.4) is 0 Å². The molecule has 0 spiro atoms. The molecule has 5 heteroatoms. The maximum Gasteiger partial charge on any atom is 0.142 e. The van der Waals surface area contributed by atoms with E-state index < -0.39 is 0 Å². The van der Waals surface area contributed by atoms with Crippen molar-refractivity contribution in [3.8, 4) is 0 Å². The summed E-state index contributed by atoms with van der Waals surface area (Å²) in [7, 11) is 0. The van der Waals surface area contributed by atoms with Gasteiger partial charge in [-0.25, -0.2) is 0 Å². The molecule has 1 radical (unpaired) electrons. The van der Waals surface area contributed by atoms with Crippen LogP contribution in [0.1, 0.15) is 5.56 Å². The van der Waals surface area contributed by atoms with E-state index >= 15 is 0 Å². The molecule has 1 heterocycles. The van der Waals surface area contributed by atoms with Gasteiger partial charge in [0.15, 0.2) is 0 Å². The van der Waals surface area contributed by atoms with Crippen LogP contribution in [0.15, 0.2) is 42.6 Å². The average Bonchev–Trinajstić information content (AvgIpc) is 2.69. The van der Waals surface area contributed by atoms with E-state index in [0.29, 0.717) is 6.61 Å². The fraction of sp³-hybridized carbons (Fsp3) is 0.100. The van der Waals surface area contributed by atoms with Gasteiger partial charge in [0.05, 0.1) is 6.20 Å². The smallest absolute Gasteiger partial charge is 0.142 e. The molecule has 0 bridgehead atoms. The van der Waals surface area contributed by atoms with E-state index in [0.717, 1.165) is 5.56 Å². The first-order valence-corrected chi connectivity index (χ1v) is 4.04. The Morgan fingerprint density at radius 3 is 2.60 bits per heavy atom. The quantitative estimate of drug-likeness (QED) is 0.625. The summed E-state index contributed by atoms with van der Waals surface area (Å²) in [5.41, 5.74) is 1.12.